The van der Waals surface area contributed by atoms with Crippen LogP contribution >= 0.6 is 11.3 Å². The molecule has 4 aromatic rings. The van der Waals surface area contributed by atoms with Crippen LogP contribution in [0.5, 0.6) is 0 Å². The number of benzene rings is 3. The minimum atomic E-state index is -3.38. The van der Waals surface area contributed by atoms with E-state index in [0.29, 0.717) is 20.9 Å². The second kappa shape index (κ2) is 9.54. The lowest BCUT2D eigenvalue weighted by Gasteiger charge is -2.18. The van der Waals surface area contributed by atoms with Gasteiger partial charge in [0, 0.05) is 24.5 Å². The molecule has 0 fully saturated rings. The zero-order valence-corrected chi connectivity index (χ0v) is 19.6. The van der Waals surface area contributed by atoms with Crippen LogP contribution in [-0.2, 0) is 21.2 Å². The Labute approximate surface area is 199 Å². The molecule has 8 nitrogen and oxygen atoms in total. The summed E-state index contributed by atoms with van der Waals surface area (Å²) in [4.78, 5) is 30.0. The van der Waals surface area contributed by atoms with Gasteiger partial charge in [0.2, 0.25) is 0 Å². The van der Waals surface area contributed by atoms with E-state index in [1.54, 1.807) is 24.3 Å². The summed E-state index contributed by atoms with van der Waals surface area (Å²) in [5.74, 6) is -0.363. The Morgan fingerprint density at radius 2 is 1.85 bits per heavy atom. The highest BCUT2D eigenvalue weighted by Gasteiger charge is 2.19. The first-order valence-corrected chi connectivity index (χ1v) is 12.8. The summed E-state index contributed by atoms with van der Waals surface area (Å²) >= 11 is 1.22. The molecule has 4 rings (SSSR count). The number of sulfone groups is 1. The van der Waals surface area contributed by atoms with Gasteiger partial charge in [-0.25, -0.2) is 13.4 Å². The lowest BCUT2D eigenvalue weighted by atomic mass is 10.2. The van der Waals surface area contributed by atoms with Gasteiger partial charge in [-0.2, -0.15) is 0 Å². The predicted octanol–water partition coefficient (Wildman–Crippen LogP) is 4.85. The van der Waals surface area contributed by atoms with E-state index in [-0.39, 0.29) is 23.0 Å². The Bertz CT molecular complexity index is 1510. The van der Waals surface area contributed by atoms with Crippen LogP contribution < -0.4 is 4.90 Å². The van der Waals surface area contributed by atoms with Crippen molar-refractivity contribution in [3.63, 3.8) is 0 Å². The van der Waals surface area contributed by atoms with Crippen molar-refractivity contribution in [3.05, 3.63) is 100 Å². The van der Waals surface area contributed by atoms with Gasteiger partial charge in [-0.1, -0.05) is 53.8 Å². The number of carbonyl (C=O) groups excluding carboxylic acids is 1. The minimum absolute atomic E-state index is 0.0661. The summed E-state index contributed by atoms with van der Waals surface area (Å²) in [6.07, 6.45) is 4.00. The van der Waals surface area contributed by atoms with E-state index in [1.165, 1.54) is 46.6 Å². The standard InChI is InChI=1S/C24H19N3O5S2/c1-34(31,32)20-11-12-21-22(15-20)33-24(25-21)26(16-18-6-3-2-4-7-18)23(28)13-10-17-8-5-9-19(14-17)27(29)30/h2-15H,16H2,1H3/b13-10+. The number of carbonyl (C=O) groups is 1. The molecule has 0 unspecified atom stereocenters. The fraction of sp³-hybridized carbons (Fsp3) is 0.0833. The number of fused-ring (bicyclic) bond motifs is 1. The van der Waals surface area contributed by atoms with Crippen molar-refractivity contribution < 1.29 is 18.1 Å². The highest BCUT2D eigenvalue weighted by atomic mass is 32.2. The Hall–Kier alpha value is -3.89. The molecule has 0 aliphatic rings. The molecule has 0 N–H and O–H groups in total. The van der Waals surface area contributed by atoms with Gasteiger partial charge in [-0.3, -0.25) is 19.8 Å². The first kappa shape index (κ1) is 23.3. The molecule has 0 aliphatic carbocycles. The van der Waals surface area contributed by atoms with Crippen molar-refractivity contribution in [3.8, 4) is 0 Å². The second-order valence-electron chi connectivity index (χ2n) is 7.49. The maximum atomic E-state index is 13.2. The third-order valence-electron chi connectivity index (χ3n) is 4.96. The fourth-order valence-electron chi connectivity index (χ4n) is 3.24. The lowest BCUT2D eigenvalue weighted by molar-refractivity contribution is -0.384. The van der Waals surface area contributed by atoms with Gasteiger partial charge >= 0.3 is 0 Å². The smallest absolute Gasteiger partial charge is 0.270 e. The first-order valence-electron chi connectivity index (χ1n) is 10.1. The summed E-state index contributed by atoms with van der Waals surface area (Å²) in [5, 5.41) is 11.4. The Morgan fingerprint density at radius 3 is 2.56 bits per heavy atom. The molecule has 34 heavy (non-hydrogen) atoms. The van der Waals surface area contributed by atoms with E-state index in [4.69, 9.17) is 0 Å². The number of hydrogen-bond acceptors (Lipinski definition) is 7. The molecule has 3 aromatic carbocycles. The fourth-order valence-corrected chi connectivity index (χ4v) is 4.98. The average molecular weight is 494 g/mol. The number of amides is 1. The largest absolute Gasteiger partial charge is 0.280 e. The molecule has 1 heterocycles. The van der Waals surface area contributed by atoms with Gasteiger partial charge in [0.15, 0.2) is 15.0 Å². The number of rotatable bonds is 7. The van der Waals surface area contributed by atoms with Gasteiger partial charge < -0.3 is 0 Å². The molecule has 0 aliphatic heterocycles. The van der Waals surface area contributed by atoms with Gasteiger partial charge in [0.25, 0.3) is 11.6 Å². The van der Waals surface area contributed by atoms with E-state index < -0.39 is 14.8 Å². The topological polar surface area (TPSA) is 110 Å². The first-order chi connectivity index (χ1) is 16.2. The number of nitrogens with zero attached hydrogens (tertiary/aromatic N) is 3. The van der Waals surface area contributed by atoms with E-state index in [0.717, 1.165) is 11.8 Å². The van der Waals surface area contributed by atoms with Crippen molar-refractivity contribution in [2.75, 3.05) is 11.2 Å². The van der Waals surface area contributed by atoms with Crippen molar-refractivity contribution in [2.45, 2.75) is 11.4 Å². The van der Waals surface area contributed by atoms with Crippen LogP contribution in [0.15, 0.2) is 83.8 Å². The van der Waals surface area contributed by atoms with Crippen LogP contribution in [-0.4, -0.2) is 30.5 Å². The van der Waals surface area contributed by atoms with Crippen molar-refractivity contribution >= 4 is 54.2 Å². The Kier molecular flexibility index (Phi) is 6.53. The SMILES string of the molecule is CS(=O)(=O)c1ccc2nc(N(Cc3ccccc3)C(=O)/C=C/c3cccc([N+](=O)[O-])c3)sc2c1. The van der Waals surface area contributed by atoms with E-state index in [2.05, 4.69) is 4.98 Å². The molecule has 10 heteroatoms. The highest BCUT2D eigenvalue weighted by molar-refractivity contribution is 7.90. The number of nitro groups is 1. The third kappa shape index (κ3) is 5.36. The maximum Gasteiger partial charge on any atom is 0.270 e. The van der Waals surface area contributed by atoms with Crippen LogP contribution in [0.1, 0.15) is 11.1 Å². The summed E-state index contributed by atoms with van der Waals surface area (Å²) in [6.45, 7) is 0.248. The average Bonchev–Trinajstić information content (AvgIpc) is 3.24. The van der Waals surface area contributed by atoms with Crippen LogP contribution in [0.3, 0.4) is 0 Å². The second-order valence-corrected chi connectivity index (χ2v) is 10.5. The van der Waals surface area contributed by atoms with Crippen LogP contribution in [0.25, 0.3) is 16.3 Å². The lowest BCUT2D eigenvalue weighted by Crippen LogP contribution is -2.28. The summed E-state index contributed by atoms with van der Waals surface area (Å²) in [6, 6.07) is 20.0. The van der Waals surface area contributed by atoms with Crippen molar-refractivity contribution in [1.82, 2.24) is 4.98 Å². The number of non-ortho nitro benzene ring substituents is 1. The molecule has 172 valence electrons. The minimum Gasteiger partial charge on any atom is -0.280 e. The zero-order chi connectivity index (χ0) is 24.3. The van der Waals surface area contributed by atoms with E-state index >= 15 is 0 Å². The summed E-state index contributed by atoms with van der Waals surface area (Å²) in [5.41, 5.74) is 1.92. The van der Waals surface area contributed by atoms with E-state index in [9.17, 15) is 23.3 Å². The number of hydrogen-bond donors (Lipinski definition) is 0. The number of anilines is 1. The van der Waals surface area contributed by atoms with E-state index in [1.807, 2.05) is 30.3 Å². The summed E-state index contributed by atoms with van der Waals surface area (Å²) < 4.78 is 24.5. The molecule has 1 amide bonds. The summed E-state index contributed by atoms with van der Waals surface area (Å²) in [7, 11) is -3.38. The van der Waals surface area contributed by atoms with Crippen LogP contribution in [0.2, 0.25) is 0 Å². The predicted molar refractivity (Wildman–Crippen MR) is 132 cm³/mol. The van der Waals surface area contributed by atoms with Crippen LogP contribution in [0.4, 0.5) is 10.8 Å². The molecular weight excluding hydrogens is 474 g/mol. The Morgan fingerprint density at radius 1 is 1.09 bits per heavy atom. The van der Waals surface area contributed by atoms with Gasteiger partial charge in [0.1, 0.15) is 0 Å². The molecule has 0 bridgehead atoms. The zero-order valence-electron chi connectivity index (χ0n) is 18.0. The Balaban J connectivity index is 1.70. The quantitative estimate of drug-likeness (QED) is 0.207. The number of thiazole rings is 1. The highest BCUT2D eigenvalue weighted by Crippen LogP contribution is 2.32. The van der Waals surface area contributed by atoms with Gasteiger partial charge in [-0.05, 0) is 35.4 Å². The normalized spacial score (nSPS) is 11.7. The van der Waals surface area contributed by atoms with Gasteiger partial charge in [0.05, 0.1) is 26.6 Å². The molecule has 0 saturated carbocycles. The number of nitro benzene ring substituents is 1. The maximum absolute atomic E-state index is 13.2. The molecular formula is C24H19N3O5S2. The molecule has 0 radical (unpaired) electrons. The van der Waals surface area contributed by atoms with Gasteiger partial charge in [-0.15, -0.1) is 0 Å². The number of aromatic nitrogens is 1. The molecule has 0 saturated heterocycles. The van der Waals surface area contributed by atoms with Crippen molar-refractivity contribution in [1.29, 1.82) is 0 Å². The molecule has 0 spiro atoms. The van der Waals surface area contributed by atoms with Crippen molar-refractivity contribution in [2.24, 2.45) is 0 Å². The monoisotopic (exact) mass is 493 g/mol. The molecule has 1 aromatic heterocycles. The van der Waals surface area contributed by atoms with Crippen LogP contribution in [0, 0.1) is 10.1 Å². The molecule has 0 atom stereocenters. The third-order valence-corrected chi connectivity index (χ3v) is 7.11.